The second-order valence-corrected chi connectivity index (χ2v) is 8.37. The molecule has 1 fully saturated rings. The van der Waals surface area contributed by atoms with Gasteiger partial charge in [0.15, 0.2) is 0 Å². The van der Waals surface area contributed by atoms with Crippen LogP contribution in [0.25, 0.3) is 0 Å². The lowest BCUT2D eigenvalue weighted by atomic mass is 9.75. The summed E-state index contributed by atoms with van der Waals surface area (Å²) in [6.07, 6.45) is 5.73. The van der Waals surface area contributed by atoms with Crippen molar-refractivity contribution in [2.75, 3.05) is 12.0 Å². The summed E-state index contributed by atoms with van der Waals surface area (Å²) in [7, 11) is 0. The van der Waals surface area contributed by atoms with Crippen molar-refractivity contribution in [2.24, 2.45) is 17.8 Å². The van der Waals surface area contributed by atoms with Crippen LogP contribution in [0.15, 0.2) is 12.2 Å². The Morgan fingerprint density at radius 1 is 1.33 bits per heavy atom. The maximum Gasteiger partial charge on any atom is 0.328 e. The number of ether oxygens (including phenoxy) is 1. The average Bonchev–Trinajstić information content (AvgIpc) is 2.50. The minimum atomic E-state index is -0.591. The van der Waals surface area contributed by atoms with Crippen LogP contribution < -0.4 is 5.32 Å². The molecule has 5 heteroatoms. The van der Waals surface area contributed by atoms with E-state index >= 15 is 0 Å². The highest BCUT2D eigenvalue weighted by Crippen LogP contribution is 2.35. The van der Waals surface area contributed by atoms with Crippen molar-refractivity contribution >= 4 is 23.6 Å². The van der Waals surface area contributed by atoms with Gasteiger partial charge in [-0.05, 0) is 55.9 Å². The van der Waals surface area contributed by atoms with Gasteiger partial charge in [-0.25, -0.2) is 4.79 Å². The molecule has 0 radical (unpaired) electrons. The van der Waals surface area contributed by atoms with Crippen LogP contribution in [0.3, 0.4) is 0 Å². The van der Waals surface area contributed by atoms with Crippen molar-refractivity contribution in [3.05, 3.63) is 12.2 Å². The molecule has 3 unspecified atom stereocenters. The van der Waals surface area contributed by atoms with Gasteiger partial charge in [0.2, 0.25) is 5.91 Å². The highest BCUT2D eigenvalue weighted by Gasteiger charge is 2.35. The second-order valence-electron chi connectivity index (χ2n) is 7.39. The van der Waals surface area contributed by atoms with E-state index in [9.17, 15) is 9.59 Å². The number of rotatable bonds is 8. The molecule has 1 aliphatic rings. The summed E-state index contributed by atoms with van der Waals surface area (Å²) in [5, 5.41) is 2.77. The zero-order chi connectivity index (χ0) is 18.3. The minimum absolute atomic E-state index is 0.0419. The number of carbonyl (C=O) groups excluding carboxylic acids is 2. The second kappa shape index (κ2) is 10.1. The van der Waals surface area contributed by atoms with E-state index in [2.05, 4.69) is 32.7 Å². The van der Waals surface area contributed by atoms with Crippen LogP contribution in [0.2, 0.25) is 0 Å². The van der Waals surface area contributed by atoms with Gasteiger partial charge in [-0.3, -0.25) is 4.79 Å². The Hall–Kier alpha value is -0.970. The Morgan fingerprint density at radius 3 is 2.54 bits per heavy atom. The summed E-state index contributed by atoms with van der Waals surface area (Å²) in [5.74, 6) is 1.68. The summed E-state index contributed by atoms with van der Waals surface area (Å²) in [6.45, 7) is 11.9. The Labute approximate surface area is 151 Å². The van der Waals surface area contributed by atoms with Crippen molar-refractivity contribution in [2.45, 2.75) is 65.5 Å². The summed E-state index contributed by atoms with van der Waals surface area (Å²) < 4.78 is 5.88. The van der Waals surface area contributed by atoms with Crippen molar-refractivity contribution in [1.82, 2.24) is 5.32 Å². The summed E-state index contributed by atoms with van der Waals surface area (Å²) in [5.41, 5.74) is 0.406. The first kappa shape index (κ1) is 21.1. The molecule has 1 saturated carbocycles. The maximum absolute atomic E-state index is 12.7. The standard InChI is InChI=1S/C19H33NO3S/c1-12(2)15-8-7-14(5)11-17(15)23-19(22)16(9-10-24-6)20-18(21)13(3)4/h12,14-17H,3,7-11H2,1-2,4-6H3,(H,20,21)/t14?,15?,16-,17?/m0/s1. The van der Waals surface area contributed by atoms with Gasteiger partial charge in [0.05, 0.1) is 0 Å². The van der Waals surface area contributed by atoms with Gasteiger partial charge in [-0.2, -0.15) is 11.8 Å². The Morgan fingerprint density at radius 2 is 2.00 bits per heavy atom. The van der Waals surface area contributed by atoms with E-state index in [-0.39, 0.29) is 18.0 Å². The monoisotopic (exact) mass is 355 g/mol. The average molecular weight is 356 g/mol. The van der Waals surface area contributed by atoms with E-state index < -0.39 is 6.04 Å². The van der Waals surface area contributed by atoms with Crippen molar-refractivity contribution in [1.29, 1.82) is 0 Å². The quantitative estimate of drug-likeness (QED) is 0.531. The molecule has 1 rings (SSSR count). The van der Waals surface area contributed by atoms with Crippen LogP contribution in [-0.2, 0) is 14.3 Å². The molecule has 0 bridgehead atoms. The van der Waals surface area contributed by atoms with E-state index in [1.165, 1.54) is 6.42 Å². The van der Waals surface area contributed by atoms with Gasteiger partial charge >= 0.3 is 5.97 Å². The number of amides is 1. The van der Waals surface area contributed by atoms with Crippen LogP contribution in [0.1, 0.15) is 53.4 Å². The fourth-order valence-corrected chi connectivity index (χ4v) is 3.72. The van der Waals surface area contributed by atoms with E-state index in [1.807, 2.05) is 6.26 Å². The number of carbonyl (C=O) groups is 2. The lowest BCUT2D eigenvalue weighted by Gasteiger charge is -2.37. The minimum Gasteiger partial charge on any atom is -0.461 e. The van der Waals surface area contributed by atoms with Gasteiger partial charge in [0.1, 0.15) is 12.1 Å². The number of hydrogen-bond acceptors (Lipinski definition) is 4. The molecular formula is C19H33NO3S. The Balaban J connectivity index is 2.76. The first-order valence-electron chi connectivity index (χ1n) is 8.92. The first-order chi connectivity index (χ1) is 11.3. The number of hydrogen-bond donors (Lipinski definition) is 1. The highest BCUT2D eigenvalue weighted by atomic mass is 32.2. The fraction of sp³-hybridized carbons (Fsp3) is 0.789. The molecule has 0 heterocycles. The fourth-order valence-electron chi connectivity index (χ4n) is 3.25. The lowest BCUT2D eigenvalue weighted by molar-refractivity contribution is -0.159. The van der Waals surface area contributed by atoms with E-state index in [0.717, 1.165) is 18.6 Å². The predicted octanol–water partition coefficient (Wildman–Crippen LogP) is 3.80. The van der Waals surface area contributed by atoms with Gasteiger partial charge in [0, 0.05) is 5.57 Å². The highest BCUT2D eigenvalue weighted by molar-refractivity contribution is 7.98. The largest absolute Gasteiger partial charge is 0.461 e. The van der Waals surface area contributed by atoms with Gasteiger partial charge in [-0.15, -0.1) is 0 Å². The van der Waals surface area contributed by atoms with Gasteiger partial charge in [0.25, 0.3) is 0 Å². The van der Waals surface area contributed by atoms with E-state index in [4.69, 9.17) is 4.74 Å². The van der Waals surface area contributed by atoms with E-state index in [1.54, 1.807) is 18.7 Å². The molecule has 0 aliphatic heterocycles. The first-order valence-corrected chi connectivity index (χ1v) is 10.3. The lowest BCUT2D eigenvalue weighted by Crippen LogP contribution is -2.45. The van der Waals surface area contributed by atoms with Crippen LogP contribution in [0.4, 0.5) is 0 Å². The summed E-state index contributed by atoms with van der Waals surface area (Å²) in [4.78, 5) is 24.6. The Bertz CT molecular complexity index is 450. The van der Waals surface area contributed by atoms with Crippen LogP contribution in [0.5, 0.6) is 0 Å². The molecule has 0 aromatic rings. The summed E-state index contributed by atoms with van der Waals surface area (Å²) in [6, 6.07) is -0.591. The maximum atomic E-state index is 12.7. The van der Waals surface area contributed by atoms with Crippen molar-refractivity contribution in [3.63, 3.8) is 0 Å². The van der Waals surface area contributed by atoms with Crippen LogP contribution >= 0.6 is 11.8 Å². The molecule has 0 aromatic heterocycles. The number of thioether (sulfide) groups is 1. The Kier molecular flexibility index (Phi) is 8.88. The summed E-state index contributed by atoms with van der Waals surface area (Å²) >= 11 is 1.65. The number of esters is 1. The third-order valence-electron chi connectivity index (χ3n) is 4.82. The third kappa shape index (κ3) is 6.50. The third-order valence-corrected chi connectivity index (χ3v) is 5.46. The topological polar surface area (TPSA) is 55.4 Å². The van der Waals surface area contributed by atoms with Crippen molar-refractivity contribution < 1.29 is 14.3 Å². The van der Waals surface area contributed by atoms with Gasteiger partial charge in [-0.1, -0.05) is 33.8 Å². The SMILES string of the molecule is C=C(C)C(=O)N[C@@H](CCSC)C(=O)OC1CC(C)CCC1C(C)C. The zero-order valence-electron chi connectivity index (χ0n) is 15.8. The zero-order valence-corrected chi connectivity index (χ0v) is 16.6. The molecule has 24 heavy (non-hydrogen) atoms. The molecule has 4 nitrogen and oxygen atoms in total. The van der Waals surface area contributed by atoms with Crippen LogP contribution in [0, 0.1) is 17.8 Å². The normalized spacial score (nSPS) is 25.2. The predicted molar refractivity (Wildman–Crippen MR) is 101 cm³/mol. The molecule has 1 N–H and O–H groups in total. The molecule has 0 aromatic carbocycles. The molecule has 1 amide bonds. The van der Waals surface area contributed by atoms with E-state index in [0.29, 0.717) is 29.7 Å². The smallest absolute Gasteiger partial charge is 0.328 e. The molecule has 0 saturated heterocycles. The molecule has 0 spiro atoms. The molecule has 1 aliphatic carbocycles. The van der Waals surface area contributed by atoms with Gasteiger partial charge < -0.3 is 10.1 Å². The van der Waals surface area contributed by atoms with Crippen molar-refractivity contribution in [3.8, 4) is 0 Å². The molecular weight excluding hydrogens is 322 g/mol. The molecule has 138 valence electrons. The molecule has 4 atom stereocenters. The number of nitrogens with one attached hydrogen (secondary N) is 1. The van der Waals surface area contributed by atoms with Crippen LogP contribution in [-0.4, -0.2) is 36.0 Å².